The zero-order valence-corrected chi connectivity index (χ0v) is 18.8. The van der Waals surface area contributed by atoms with Crippen molar-refractivity contribution in [1.29, 1.82) is 0 Å². The van der Waals surface area contributed by atoms with Gasteiger partial charge in [0.1, 0.15) is 12.1 Å². The van der Waals surface area contributed by atoms with Crippen molar-refractivity contribution >= 4 is 11.9 Å². The Labute approximate surface area is 197 Å². The number of carbonyl (C=O) groups excluding carboxylic acids is 2. The van der Waals surface area contributed by atoms with Crippen molar-refractivity contribution in [3.05, 3.63) is 108 Å². The summed E-state index contributed by atoms with van der Waals surface area (Å²) in [6, 6.07) is 26.6. The molecule has 0 saturated carbocycles. The third-order valence-electron chi connectivity index (χ3n) is 6.09. The quantitative estimate of drug-likeness (QED) is 0.422. The van der Waals surface area contributed by atoms with Crippen LogP contribution in [-0.4, -0.2) is 32.5 Å². The van der Waals surface area contributed by atoms with Gasteiger partial charge in [0.15, 0.2) is 0 Å². The van der Waals surface area contributed by atoms with E-state index >= 15 is 0 Å². The number of hydrogen-bond donors (Lipinski definition) is 1. The molecule has 1 fully saturated rings. The van der Waals surface area contributed by atoms with Crippen LogP contribution in [-0.2, 0) is 24.2 Å². The summed E-state index contributed by atoms with van der Waals surface area (Å²) in [5.41, 5.74) is 2.69. The van der Waals surface area contributed by atoms with Gasteiger partial charge in [-0.2, -0.15) is 4.98 Å². The maximum atomic E-state index is 13.7. The first-order valence-electron chi connectivity index (χ1n) is 11.1. The number of hydrogen-bond acceptors (Lipinski definition) is 5. The standard InChI is InChI=1S/C27H24N4O3/c1-19-10-8-9-15-22(19)24-28-23(34-30-24)18-31-25(32)27(29-26(31)33,16-20-11-4-2-5-12-20)17-21-13-6-3-7-14-21/h2-15H,16-18H2,1H3,(H,29,33). The molecular weight excluding hydrogens is 428 g/mol. The van der Waals surface area contributed by atoms with E-state index in [9.17, 15) is 9.59 Å². The Bertz CT molecular complexity index is 1280. The Morgan fingerprint density at radius 3 is 2.06 bits per heavy atom. The van der Waals surface area contributed by atoms with Crippen LogP contribution in [0.2, 0.25) is 0 Å². The number of nitrogens with zero attached hydrogens (tertiary/aromatic N) is 3. The van der Waals surface area contributed by atoms with Gasteiger partial charge in [-0.3, -0.25) is 9.69 Å². The van der Waals surface area contributed by atoms with Crippen molar-refractivity contribution in [3.63, 3.8) is 0 Å². The predicted molar refractivity (Wildman–Crippen MR) is 127 cm³/mol. The average molecular weight is 453 g/mol. The third kappa shape index (κ3) is 4.20. The lowest BCUT2D eigenvalue weighted by Gasteiger charge is -2.27. The summed E-state index contributed by atoms with van der Waals surface area (Å²) in [6.07, 6.45) is 0.754. The molecule has 1 aromatic heterocycles. The number of aryl methyl sites for hydroxylation is 1. The van der Waals surface area contributed by atoms with E-state index < -0.39 is 11.6 Å². The molecule has 1 saturated heterocycles. The molecule has 170 valence electrons. The fourth-order valence-corrected chi connectivity index (χ4v) is 4.40. The molecule has 7 heteroatoms. The van der Waals surface area contributed by atoms with Gasteiger partial charge in [0.25, 0.3) is 5.91 Å². The lowest BCUT2D eigenvalue weighted by molar-refractivity contribution is -0.132. The molecule has 0 radical (unpaired) electrons. The van der Waals surface area contributed by atoms with Gasteiger partial charge in [-0.15, -0.1) is 0 Å². The second kappa shape index (κ2) is 8.94. The summed E-state index contributed by atoms with van der Waals surface area (Å²) in [5, 5.41) is 7.04. The lowest BCUT2D eigenvalue weighted by atomic mass is 9.84. The van der Waals surface area contributed by atoms with E-state index in [0.717, 1.165) is 22.3 Å². The Hall–Kier alpha value is -4.26. The number of rotatable bonds is 7. The van der Waals surface area contributed by atoms with Crippen LogP contribution >= 0.6 is 0 Å². The predicted octanol–water partition coefficient (Wildman–Crippen LogP) is 4.32. The van der Waals surface area contributed by atoms with E-state index in [1.807, 2.05) is 91.9 Å². The first kappa shape index (κ1) is 21.6. The minimum atomic E-state index is -1.10. The van der Waals surface area contributed by atoms with Gasteiger partial charge in [0.2, 0.25) is 11.7 Å². The first-order valence-corrected chi connectivity index (χ1v) is 11.1. The maximum absolute atomic E-state index is 13.7. The monoisotopic (exact) mass is 452 g/mol. The van der Waals surface area contributed by atoms with E-state index in [-0.39, 0.29) is 18.3 Å². The highest BCUT2D eigenvalue weighted by molar-refractivity contribution is 6.07. The van der Waals surface area contributed by atoms with E-state index in [0.29, 0.717) is 18.7 Å². The van der Waals surface area contributed by atoms with Crippen molar-refractivity contribution in [1.82, 2.24) is 20.4 Å². The number of aromatic nitrogens is 2. The fourth-order valence-electron chi connectivity index (χ4n) is 4.40. The molecule has 0 aliphatic carbocycles. The van der Waals surface area contributed by atoms with Gasteiger partial charge in [-0.25, -0.2) is 4.79 Å². The molecule has 5 rings (SSSR count). The fraction of sp³-hybridized carbons (Fsp3) is 0.185. The highest BCUT2D eigenvalue weighted by atomic mass is 16.5. The molecule has 34 heavy (non-hydrogen) atoms. The molecule has 4 aromatic rings. The minimum absolute atomic E-state index is 0.0884. The molecular formula is C27H24N4O3. The Morgan fingerprint density at radius 2 is 1.44 bits per heavy atom. The average Bonchev–Trinajstić information content (AvgIpc) is 3.39. The van der Waals surface area contributed by atoms with Crippen LogP contribution in [0.1, 0.15) is 22.6 Å². The molecule has 0 spiro atoms. The molecule has 2 heterocycles. The number of carbonyl (C=O) groups is 2. The third-order valence-corrected chi connectivity index (χ3v) is 6.09. The smallest absolute Gasteiger partial charge is 0.325 e. The van der Waals surface area contributed by atoms with Gasteiger partial charge in [-0.05, 0) is 23.6 Å². The topological polar surface area (TPSA) is 88.3 Å². The number of amides is 3. The Morgan fingerprint density at radius 1 is 0.853 bits per heavy atom. The van der Waals surface area contributed by atoms with Gasteiger partial charge in [0.05, 0.1) is 0 Å². The number of urea groups is 1. The van der Waals surface area contributed by atoms with E-state index in [1.165, 1.54) is 4.90 Å². The highest BCUT2D eigenvalue weighted by Crippen LogP contribution is 2.29. The Kier molecular flexibility index (Phi) is 5.67. The van der Waals surface area contributed by atoms with E-state index in [2.05, 4.69) is 15.5 Å². The largest absolute Gasteiger partial charge is 0.337 e. The van der Waals surface area contributed by atoms with Gasteiger partial charge < -0.3 is 9.84 Å². The van der Waals surface area contributed by atoms with Crippen molar-refractivity contribution in [2.24, 2.45) is 0 Å². The van der Waals surface area contributed by atoms with Crippen LogP contribution in [0.5, 0.6) is 0 Å². The molecule has 1 N–H and O–H groups in total. The van der Waals surface area contributed by atoms with Crippen molar-refractivity contribution < 1.29 is 14.1 Å². The highest BCUT2D eigenvalue weighted by Gasteiger charge is 2.51. The van der Waals surface area contributed by atoms with Crippen molar-refractivity contribution in [2.45, 2.75) is 31.8 Å². The number of imide groups is 1. The molecule has 3 aromatic carbocycles. The summed E-state index contributed by atoms with van der Waals surface area (Å²) in [7, 11) is 0. The van der Waals surface area contributed by atoms with Crippen LogP contribution in [0.4, 0.5) is 4.79 Å². The molecule has 3 amide bonds. The number of nitrogens with one attached hydrogen (secondary N) is 1. The van der Waals surface area contributed by atoms with Gasteiger partial charge >= 0.3 is 6.03 Å². The summed E-state index contributed by atoms with van der Waals surface area (Å²) < 4.78 is 5.40. The summed E-state index contributed by atoms with van der Waals surface area (Å²) in [5.74, 6) is 0.331. The van der Waals surface area contributed by atoms with Crippen molar-refractivity contribution in [2.75, 3.05) is 0 Å². The second-order valence-electron chi connectivity index (χ2n) is 8.55. The Balaban J connectivity index is 1.43. The number of benzene rings is 3. The van der Waals surface area contributed by atoms with E-state index in [4.69, 9.17) is 4.52 Å². The minimum Gasteiger partial charge on any atom is -0.337 e. The van der Waals surface area contributed by atoms with Gasteiger partial charge in [0, 0.05) is 18.4 Å². The van der Waals surface area contributed by atoms with Crippen LogP contribution in [0, 0.1) is 6.92 Å². The molecule has 0 unspecified atom stereocenters. The molecule has 1 aliphatic heterocycles. The second-order valence-corrected chi connectivity index (χ2v) is 8.55. The first-order chi connectivity index (χ1) is 16.5. The molecule has 7 nitrogen and oxygen atoms in total. The maximum Gasteiger partial charge on any atom is 0.325 e. The van der Waals surface area contributed by atoms with Crippen LogP contribution < -0.4 is 5.32 Å². The lowest BCUT2D eigenvalue weighted by Crippen LogP contribution is -2.51. The zero-order valence-electron chi connectivity index (χ0n) is 18.8. The zero-order chi connectivity index (χ0) is 23.5. The molecule has 0 atom stereocenters. The summed E-state index contributed by atoms with van der Waals surface area (Å²) >= 11 is 0. The normalized spacial score (nSPS) is 14.9. The summed E-state index contributed by atoms with van der Waals surface area (Å²) in [4.78, 5) is 32.4. The summed E-state index contributed by atoms with van der Waals surface area (Å²) in [6.45, 7) is 1.87. The van der Waals surface area contributed by atoms with Crippen molar-refractivity contribution in [3.8, 4) is 11.4 Å². The van der Waals surface area contributed by atoms with Crippen LogP contribution in [0.25, 0.3) is 11.4 Å². The molecule has 1 aliphatic rings. The van der Waals surface area contributed by atoms with Gasteiger partial charge in [-0.1, -0.05) is 90.1 Å². The van der Waals surface area contributed by atoms with Crippen LogP contribution in [0.3, 0.4) is 0 Å². The molecule has 0 bridgehead atoms. The van der Waals surface area contributed by atoms with E-state index in [1.54, 1.807) is 0 Å². The SMILES string of the molecule is Cc1ccccc1-c1noc(CN2C(=O)NC(Cc3ccccc3)(Cc3ccccc3)C2=O)n1. The van der Waals surface area contributed by atoms with Crippen LogP contribution in [0.15, 0.2) is 89.5 Å².